The number of ether oxygens (including phenoxy) is 3. The Labute approximate surface area is 369 Å². The van der Waals surface area contributed by atoms with Gasteiger partial charge in [-0.25, -0.2) is 4.79 Å². The molecule has 0 aromatic heterocycles. The second-order valence-corrected chi connectivity index (χ2v) is 17.7. The average Bonchev–Trinajstić information content (AvgIpc) is 3.21. The third-order valence-corrected chi connectivity index (χ3v) is 11.0. The molecule has 0 fully saturated rings. The van der Waals surface area contributed by atoms with Gasteiger partial charge in [0.2, 0.25) is 0 Å². The van der Waals surface area contributed by atoms with Crippen molar-refractivity contribution >= 4 is 17.9 Å². The molecule has 0 bridgehead atoms. The predicted molar refractivity (Wildman–Crippen MR) is 252 cm³/mol. The van der Waals surface area contributed by atoms with Crippen LogP contribution in [0.15, 0.2) is 48.6 Å². The lowest BCUT2D eigenvalue weighted by Gasteiger charge is -2.31. The zero-order chi connectivity index (χ0) is 44.2. The first-order valence-electron chi connectivity index (χ1n) is 24.7. The molecule has 0 saturated heterocycles. The molecule has 0 saturated carbocycles. The van der Waals surface area contributed by atoms with Gasteiger partial charge >= 0.3 is 17.9 Å². The molecule has 0 heterocycles. The van der Waals surface area contributed by atoms with Gasteiger partial charge in [-0.2, -0.15) is 0 Å². The molecule has 0 aliphatic heterocycles. The summed E-state index contributed by atoms with van der Waals surface area (Å²) in [6, 6.07) is -0.617. The van der Waals surface area contributed by atoms with Crippen LogP contribution in [0.2, 0.25) is 0 Å². The average molecular weight is 845 g/mol. The highest BCUT2D eigenvalue weighted by molar-refractivity contribution is 5.72. The number of carboxylic acids is 1. The molecular formula is C52H94NO7+. The van der Waals surface area contributed by atoms with Gasteiger partial charge in [0.05, 0.1) is 34.4 Å². The summed E-state index contributed by atoms with van der Waals surface area (Å²) < 4.78 is 17.3. The first kappa shape index (κ1) is 57.3. The van der Waals surface area contributed by atoms with Gasteiger partial charge in [0.1, 0.15) is 6.61 Å². The molecule has 0 aliphatic carbocycles. The molecule has 60 heavy (non-hydrogen) atoms. The Bertz CT molecular complexity index is 1120. The highest BCUT2D eigenvalue weighted by atomic mass is 16.6. The monoisotopic (exact) mass is 845 g/mol. The Morgan fingerprint density at radius 3 is 1.28 bits per heavy atom. The van der Waals surface area contributed by atoms with E-state index in [9.17, 15) is 19.5 Å². The molecule has 1 N–H and O–H groups in total. The van der Waals surface area contributed by atoms with Gasteiger partial charge < -0.3 is 23.8 Å². The fraction of sp³-hybridized carbons (Fsp3) is 0.788. The Kier molecular flexibility index (Phi) is 41.0. The normalized spacial score (nSPS) is 13.3. The zero-order valence-corrected chi connectivity index (χ0v) is 39.7. The van der Waals surface area contributed by atoms with Gasteiger partial charge in [0.25, 0.3) is 0 Å². The Morgan fingerprint density at radius 2 is 0.883 bits per heavy atom. The number of carbonyl (C=O) groups excluding carboxylic acids is 2. The Morgan fingerprint density at radius 1 is 0.500 bits per heavy atom. The number of allylic oxidation sites excluding steroid dienone is 8. The van der Waals surface area contributed by atoms with Crippen molar-refractivity contribution < 1.29 is 38.2 Å². The second kappa shape index (κ2) is 43.0. The topological polar surface area (TPSA) is 99.1 Å². The molecule has 0 spiro atoms. The third kappa shape index (κ3) is 40.7. The van der Waals surface area contributed by atoms with E-state index in [-0.39, 0.29) is 36.2 Å². The summed E-state index contributed by atoms with van der Waals surface area (Å²) >= 11 is 0. The van der Waals surface area contributed by atoms with Crippen LogP contribution in [-0.4, -0.2) is 80.6 Å². The summed E-state index contributed by atoms with van der Waals surface area (Å²) in [4.78, 5) is 37.1. The number of nitrogens with zero attached hydrogens (tertiary/aromatic N) is 1. The highest BCUT2D eigenvalue weighted by Crippen LogP contribution is 2.15. The van der Waals surface area contributed by atoms with E-state index >= 15 is 0 Å². The molecule has 348 valence electrons. The minimum absolute atomic E-state index is 0.0568. The van der Waals surface area contributed by atoms with Crippen molar-refractivity contribution in [2.75, 3.05) is 41.0 Å². The molecule has 2 atom stereocenters. The van der Waals surface area contributed by atoms with Crippen LogP contribution in [0.25, 0.3) is 0 Å². The van der Waals surface area contributed by atoms with Crippen LogP contribution in [0.4, 0.5) is 0 Å². The summed E-state index contributed by atoms with van der Waals surface area (Å²) in [5, 5.41) is 9.64. The van der Waals surface area contributed by atoms with E-state index in [4.69, 9.17) is 14.2 Å². The van der Waals surface area contributed by atoms with Gasteiger partial charge in [-0.05, 0) is 77.0 Å². The predicted octanol–water partition coefficient (Wildman–Crippen LogP) is 14.0. The fourth-order valence-electron chi connectivity index (χ4n) is 7.09. The molecule has 2 unspecified atom stereocenters. The lowest BCUT2D eigenvalue weighted by Crippen LogP contribution is -2.50. The summed E-state index contributed by atoms with van der Waals surface area (Å²) in [5.74, 6) is -1.48. The number of hydrogen-bond acceptors (Lipinski definition) is 6. The van der Waals surface area contributed by atoms with Crippen LogP contribution in [0.3, 0.4) is 0 Å². The SMILES string of the molecule is CCCCC/C=C\C/C=C\CCCCCCCCCCCC(=O)OC(COCCC(C(=O)O)[N+](C)(C)C)COC(=O)CCCCCCCCC/C=C\C/C=C\CCCCC. The molecular weight excluding hydrogens is 751 g/mol. The Balaban J connectivity index is 4.29. The molecule has 0 rings (SSSR count). The molecule has 0 aromatic carbocycles. The summed E-state index contributed by atoms with van der Waals surface area (Å²) in [7, 11) is 5.53. The Hall–Kier alpha value is -2.71. The van der Waals surface area contributed by atoms with Crippen LogP contribution in [0.1, 0.15) is 213 Å². The van der Waals surface area contributed by atoms with Crippen molar-refractivity contribution in [2.45, 2.75) is 225 Å². The van der Waals surface area contributed by atoms with E-state index in [1.165, 1.54) is 122 Å². The summed E-state index contributed by atoms with van der Waals surface area (Å²) in [6.07, 6.45) is 51.5. The van der Waals surface area contributed by atoms with Gasteiger partial charge in [0, 0.05) is 19.3 Å². The molecule has 0 aliphatic rings. The minimum atomic E-state index is -0.877. The van der Waals surface area contributed by atoms with E-state index in [0.29, 0.717) is 19.3 Å². The van der Waals surface area contributed by atoms with E-state index in [2.05, 4.69) is 62.5 Å². The number of rotatable bonds is 44. The maximum absolute atomic E-state index is 12.8. The number of hydrogen-bond donors (Lipinski definition) is 1. The molecule has 8 heteroatoms. The largest absolute Gasteiger partial charge is 0.477 e. The van der Waals surface area contributed by atoms with Crippen LogP contribution in [0.5, 0.6) is 0 Å². The second-order valence-electron chi connectivity index (χ2n) is 17.7. The fourth-order valence-corrected chi connectivity index (χ4v) is 7.09. The molecule has 8 nitrogen and oxygen atoms in total. The van der Waals surface area contributed by atoms with Crippen LogP contribution < -0.4 is 0 Å². The minimum Gasteiger partial charge on any atom is -0.477 e. The van der Waals surface area contributed by atoms with Crippen molar-refractivity contribution in [2.24, 2.45) is 0 Å². The first-order chi connectivity index (χ1) is 29.1. The van der Waals surface area contributed by atoms with E-state index in [1.54, 1.807) is 0 Å². The maximum Gasteiger partial charge on any atom is 0.362 e. The van der Waals surface area contributed by atoms with Crippen LogP contribution in [0, 0.1) is 0 Å². The van der Waals surface area contributed by atoms with Gasteiger partial charge in [-0.3, -0.25) is 9.59 Å². The highest BCUT2D eigenvalue weighted by Gasteiger charge is 2.31. The summed E-state index contributed by atoms with van der Waals surface area (Å²) in [5.41, 5.74) is 0. The first-order valence-corrected chi connectivity index (χ1v) is 24.7. The quantitative estimate of drug-likeness (QED) is 0.0282. The smallest absolute Gasteiger partial charge is 0.362 e. The van der Waals surface area contributed by atoms with Crippen molar-refractivity contribution in [1.29, 1.82) is 0 Å². The number of carboxylic acid groups (broad SMARTS) is 1. The van der Waals surface area contributed by atoms with E-state index < -0.39 is 18.1 Å². The van der Waals surface area contributed by atoms with Crippen molar-refractivity contribution in [1.82, 2.24) is 0 Å². The van der Waals surface area contributed by atoms with Crippen molar-refractivity contribution in [3.05, 3.63) is 48.6 Å². The number of quaternary nitrogens is 1. The van der Waals surface area contributed by atoms with Gasteiger partial charge in [-0.15, -0.1) is 0 Å². The lowest BCUT2D eigenvalue weighted by molar-refractivity contribution is -0.887. The van der Waals surface area contributed by atoms with Crippen LogP contribution >= 0.6 is 0 Å². The zero-order valence-electron chi connectivity index (χ0n) is 39.7. The van der Waals surface area contributed by atoms with Gasteiger partial charge in [-0.1, -0.05) is 165 Å². The number of esters is 2. The number of unbranched alkanes of at least 4 members (excludes halogenated alkanes) is 22. The number of likely N-dealkylation sites (N-methyl/N-ethyl adjacent to an activating group) is 1. The lowest BCUT2D eigenvalue weighted by atomic mass is 10.1. The third-order valence-electron chi connectivity index (χ3n) is 11.0. The molecule has 0 radical (unpaired) electrons. The summed E-state index contributed by atoms with van der Waals surface area (Å²) in [6.45, 7) is 4.69. The standard InChI is InChI=1S/C52H93NO7/c1-6-8-10-12-14-16-18-20-22-24-25-27-29-31-33-35-37-39-41-43-51(55)60-48(46-58-45-44-49(52(56)57)53(3,4)5)47-59-50(54)42-40-38-36-34-32-30-28-26-23-21-19-17-15-13-11-9-7-2/h14-17,20-23,48-49H,6-13,18-19,24-47H2,1-5H3/p+1/b16-14-,17-15-,22-20-,23-21-. The van der Waals surface area contributed by atoms with E-state index in [1.807, 2.05) is 21.1 Å². The molecule has 0 aromatic rings. The van der Waals surface area contributed by atoms with Crippen LogP contribution in [-0.2, 0) is 28.6 Å². The van der Waals surface area contributed by atoms with Crippen molar-refractivity contribution in [3.63, 3.8) is 0 Å². The van der Waals surface area contributed by atoms with E-state index in [0.717, 1.165) is 57.8 Å². The maximum atomic E-state index is 12.8. The van der Waals surface area contributed by atoms with Crippen molar-refractivity contribution in [3.8, 4) is 0 Å². The number of carbonyl (C=O) groups is 3. The van der Waals surface area contributed by atoms with Gasteiger partial charge in [0.15, 0.2) is 12.1 Å². The number of aliphatic carboxylic acids is 1. The molecule has 0 amide bonds.